The molecule has 0 unspecified atom stereocenters. The monoisotopic (exact) mass is 471 g/mol. The maximum absolute atomic E-state index is 12.7. The lowest BCUT2D eigenvalue weighted by molar-refractivity contribution is -0.116. The Morgan fingerprint density at radius 1 is 1.32 bits per heavy atom. The second kappa shape index (κ2) is 6.94. The third-order valence-corrected chi connectivity index (χ3v) is 6.53. The van der Waals surface area contributed by atoms with Crippen molar-refractivity contribution < 1.29 is 23.1 Å². The number of sulfonamides is 1. The Morgan fingerprint density at radius 3 is 2.57 bits per heavy atom. The molecule has 0 bridgehead atoms. The number of benzene rings is 1. The average Bonchev–Trinajstić information content (AvgIpc) is 3.19. The minimum absolute atomic E-state index is 0.107. The summed E-state index contributed by atoms with van der Waals surface area (Å²) in [6.07, 6.45) is 1.75. The molecular formula is C16H18BrN5O5S. The molecule has 0 aliphatic carbocycles. The van der Waals surface area contributed by atoms with Crippen LogP contribution in [0, 0.1) is 0 Å². The van der Waals surface area contributed by atoms with Crippen LogP contribution in [-0.4, -0.2) is 47.0 Å². The summed E-state index contributed by atoms with van der Waals surface area (Å²) in [6, 6.07) is 1.92. The molecule has 10 nitrogen and oxygen atoms in total. The van der Waals surface area contributed by atoms with Gasteiger partial charge in [0.25, 0.3) is 10.0 Å². The van der Waals surface area contributed by atoms with E-state index in [0.717, 1.165) is 11.8 Å². The van der Waals surface area contributed by atoms with Crippen molar-refractivity contribution in [1.29, 1.82) is 0 Å². The zero-order chi connectivity index (χ0) is 20.9. The van der Waals surface area contributed by atoms with Crippen LogP contribution in [0.1, 0.15) is 32.0 Å². The second-order valence-electron chi connectivity index (χ2n) is 6.85. The van der Waals surface area contributed by atoms with Gasteiger partial charge >= 0.3 is 6.03 Å². The molecular weight excluding hydrogens is 454 g/mol. The largest absolute Gasteiger partial charge is 0.384 e. The minimum Gasteiger partial charge on any atom is -0.384 e. The standard InChI is InChI=1S/C16H18BrN5O5S/c1-9(23)21-5-4-10-6-11(17)13(7-12(10)21)28(26,27)19-15(24)22-8-14(18-20-22)16(2,3)25/h6-8,25H,4-5H2,1-3H3,(H,19,24). The maximum Gasteiger partial charge on any atom is 0.357 e. The lowest BCUT2D eigenvalue weighted by Crippen LogP contribution is -2.35. The Hall–Kier alpha value is -2.31. The van der Waals surface area contributed by atoms with E-state index in [0.29, 0.717) is 23.3 Å². The number of aliphatic hydroxyl groups is 1. The van der Waals surface area contributed by atoms with E-state index < -0.39 is 21.7 Å². The van der Waals surface area contributed by atoms with Gasteiger partial charge < -0.3 is 10.0 Å². The molecule has 2 N–H and O–H groups in total. The predicted octanol–water partition coefficient (Wildman–Crippen LogP) is 1.12. The molecule has 28 heavy (non-hydrogen) atoms. The van der Waals surface area contributed by atoms with E-state index in [-0.39, 0.29) is 21.0 Å². The zero-order valence-electron chi connectivity index (χ0n) is 15.3. The van der Waals surface area contributed by atoms with Crippen LogP contribution < -0.4 is 9.62 Å². The number of fused-ring (bicyclic) bond motifs is 1. The summed E-state index contributed by atoms with van der Waals surface area (Å²) in [4.78, 5) is 25.4. The van der Waals surface area contributed by atoms with Crippen LogP contribution in [0.5, 0.6) is 0 Å². The van der Waals surface area contributed by atoms with Gasteiger partial charge in [0.2, 0.25) is 5.91 Å². The Balaban J connectivity index is 1.91. The fourth-order valence-electron chi connectivity index (χ4n) is 2.78. The van der Waals surface area contributed by atoms with Gasteiger partial charge in [0.1, 0.15) is 16.2 Å². The first-order valence-corrected chi connectivity index (χ1v) is 10.5. The van der Waals surface area contributed by atoms with E-state index in [2.05, 4.69) is 26.2 Å². The highest BCUT2D eigenvalue weighted by molar-refractivity contribution is 9.10. The van der Waals surface area contributed by atoms with Gasteiger partial charge in [-0.3, -0.25) is 4.79 Å². The molecule has 1 aromatic heterocycles. The number of rotatable bonds is 3. The van der Waals surface area contributed by atoms with Crippen molar-refractivity contribution in [1.82, 2.24) is 19.7 Å². The number of aromatic nitrogens is 3. The molecule has 0 atom stereocenters. The van der Waals surface area contributed by atoms with Gasteiger partial charge in [0.05, 0.1) is 6.20 Å². The molecule has 0 saturated heterocycles. The molecule has 2 amide bonds. The third-order valence-electron chi connectivity index (χ3n) is 4.25. The number of nitrogens with one attached hydrogen (secondary N) is 1. The summed E-state index contributed by atoms with van der Waals surface area (Å²) >= 11 is 3.22. The van der Waals surface area contributed by atoms with Gasteiger partial charge in [0, 0.05) is 23.6 Å². The molecule has 2 heterocycles. The van der Waals surface area contributed by atoms with Crippen molar-refractivity contribution in [2.45, 2.75) is 37.7 Å². The number of halogens is 1. The van der Waals surface area contributed by atoms with Gasteiger partial charge in [-0.25, -0.2) is 17.9 Å². The second-order valence-corrected chi connectivity index (χ2v) is 9.36. The summed E-state index contributed by atoms with van der Waals surface area (Å²) in [5, 5.41) is 17.1. The molecule has 1 aromatic carbocycles. The predicted molar refractivity (Wildman–Crippen MR) is 102 cm³/mol. The van der Waals surface area contributed by atoms with E-state index >= 15 is 0 Å². The first-order chi connectivity index (χ1) is 12.9. The van der Waals surface area contributed by atoms with E-state index in [1.807, 2.05) is 4.72 Å². The van der Waals surface area contributed by atoms with Crippen molar-refractivity contribution in [2.75, 3.05) is 11.4 Å². The Morgan fingerprint density at radius 2 is 2.00 bits per heavy atom. The van der Waals surface area contributed by atoms with Gasteiger partial charge in [0.15, 0.2) is 0 Å². The topological polar surface area (TPSA) is 134 Å². The van der Waals surface area contributed by atoms with Crippen LogP contribution in [0.2, 0.25) is 0 Å². The molecule has 0 spiro atoms. The van der Waals surface area contributed by atoms with Crippen molar-refractivity contribution in [2.24, 2.45) is 0 Å². The summed E-state index contributed by atoms with van der Waals surface area (Å²) in [7, 11) is -4.27. The van der Waals surface area contributed by atoms with E-state index in [1.54, 1.807) is 6.07 Å². The lowest BCUT2D eigenvalue weighted by atomic mass is 10.1. The average molecular weight is 472 g/mol. The summed E-state index contributed by atoms with van der Waals surface area (Å²) in [6.45, 7) is 4.78. The van der Waals surface area contributed by atoms with Crippen LogP contribution in [-0.2, 0) is 26.8 Å². The van der Waals surface area contributed by atoms with Gasteiger partial charge in [-0.05, 0) is 53.9 Å². The van der Waals surface area contributed by atoms with Crippen LogP contribution in [0.25, 0.3) is 0 Å². The smallest absolute Gasteiger partial charge is 0.357 e. The van der Waals surface area contributed by atoms with Crippen molar-refractivity contribution in [3.05, 3.63) is 34.1 Å². The van der Waals surface area contributed by atoms with Crippen molar-refractivity contribution in [3.63, 3.8) is 0 Å². The molecule has 0 radical (unpaired) electrons. The first kappa shape index (κ1) is 20.4. The molecule has 150 valence electrons. The number of hydrogen-bond acceptors (Lipinski definition) is 7. The van der Waals surface area contributed by atoms with E-state index in [4.69, 9.17) is 0 Å². The highest BCUT2D eigenvalue weighted by Gasteiger charge is 2.29. The Labute approximate surface area is 169 Å². The number of carbonyl (C=O) groups is 2. The SMILES string of the molecule is CC(=O)N1CCc2cc(Br)c(S(=O)(=O)NC(=O)n3cc(C(C)(C)O)nn3)cc21. The molecule has 1 aliphatic heterocycles. The number of hydrogen-bond donors (Lipinski definition) is 2. The van der Waals surface area contributed by atoms with Crippen LogP contribution in [0.3, 0.4) is 0 Å². The number of nitrogens with zero attached hydrogens (tertiary/aromatic N) is 4. The van der Waals surface area contributed by atoms with Crippen LogP contribution in [0.15, 0.2) is 27.7 Å². The highest BCUT2D eigenvalue weighted by Crippen LogP contribution is 2.35. The molecule has 12 heteroatoms. The Bertz CT molecular complexity index is 1070. The highest BCUT2D eigenvalue weighted by atomic mass is 79.9. The first-order valence-electron chi connectivity index (χ1n) is 8.23. The third kappa shape index (κ3) is 3.80. The molecule has 0 saturated carbocycles. The van der Waals surface area contributed by atoms with Crippen LogP contribution in [0.4, 0.5) is 10.5 Å². The van der Waals surface area contributed by atoms with Crippen molar-refractivity contribution >= 4 is 43.6 Å². The summed E-state index contributed by atoms with van der Waals surface area (Å²) < 4.78 is 28.3. The minimum atomic E-state index is -4.27. The van der Waals surface area contributed by atoms with Crippen molar-refractivity contribution in [3.8, 4) is 0 Å². The molecule has 1 aliphatic rings. The maximum atomic E-state index is 12.7. The Kier molecular flexibility index (Phi) is 5.06. The summed E-state index contributed by atoms with van der Waals surface area (Å²) in [5.74, 6) is -0.199. The van der Waals surface area contributed by atoms with E-state index in [9.17, 15) is 23.1 Å². The van der Waals surface area contributed by atoms with E-state index in [1.165, 1.54) is 31.7 Å². The quantitative estimate of drug-likeness (QED) is 0.684. The van der Waals surface area contributed by atoms with Gasteiger partial charge in [-0.15, -0.1) is 5.10 Å². The molecule has 3 rings (SSSR count). The lowest BCUT2D eigenvalue weighted by Gasteiger charge is -2.16. The number of carbonyl (C=O) groups excluding carboxylic acids is 2. The number of anilines is 1. The zero-order valence-corrected chi connectivity index (χ0v) is 17.7. The molecule has 0 fully saturated rings. The fraction of sp³-hybridized carbons (Fsp3) is 0.375. The van der Waals surface area contributed by atoms with Crippen LogP contribution >= 0.6 is 15.9 Å². The fourth-order valence-corrected chi connectivity index (χ4v) is 4.83. The van der Waals surface area contributed by atoms with Gasteiger partial charge in [-0.2, -0.15) is 4.68 Å². The van der Waals surface area contributed by atoms with Gasteiger partial charge in [-0.1, -0.05) is 5.21 Å². The normalized spacial score (nSPS) is 14.1. The molecule has 2 aromatic rings. The number of amides is 2. The summed E-state index contributed by atoms with van der Waals surface area (Å²) in [5.41, 5.74) is 0.0965.